The number of nitrogen functional groups attached to an aromatic ring is 1. The van der Waals surface area contributed by atoms with Crippen LogP contribution >= 0.6 is 0 Å². The summed E-state index contributed by atoms with van der Waals surface area (Å²) in [6.45, 7) is 2.81. The van der Waals surface area contributed by atoms with Gasteiger partial charge in [-0.05, 0) is 18.6 Å². The summed E-state index contributed by atoms with van der Waals surface area (Å²) in [4.78, 5) is 10.3. The van der Waals surface area contributed by atoms with Crippen LogP contribution in [0.3, 0.4) is 0 Å². The molecule has 0 saturated heterocycles. The highest BCUT2D eigenvalue weighted by atomic mass is 16.6. The zero-order valence-electron chi connectivity index (χ0n) is 8.69. The second-order valence-electron chi connectivity index (χ2n) is 3.31. The molecule has 5 heteroatoms. The van der Waals surface area contributed by atoms with Gasteiger partial charge in [0.2, 0.25) is 0 Å². The lowest BCUT2D eigenvalue weighted by molar-refractivity contribution is -0.383. The maximum absolute atomic E-state index is 10.7. The molecule has 0 radical (unpaired) electrons. The van der Waals surface area contributed by atoms with E-state index in [0.717, 1.165) is 19.4 Å². The molecule has 0 heterocycles. The van der Waals surface area contributed by atoms with E-state index in [2.05, 4.69) is 12.2 Å². The molecule has 0 spiro atoms. The van der Waals surface area contributed by atoms with E-state index in [9.17, 15) is 10.1 Å². The molecule has 15 heavy (non-hydrogen) atoms. The fourth-order valence-corrected chi connectivity index (χ4v) is 1.25. The van der Waals surface area contributed by atoms with E-state index in [1.54, 1.807) is 12.1 Å². The van der Waals surface area contributed by atoms with E-state index >= 15 is 0 Å². The summed E-state index contributed by atoms with van der Waals surface area (Å²) in [5.74, 6) is 0. The Morgan fingerprint density at radius 1 is 1.53 bits per heavy atom. The van der Waals surface area contributed by atoms with Crippen LogP contribution in [0.15, 0.2) is 18.2 Å². The number of anilines is 2. The van der Waals surface area contributed by atoms with Crippen molar-refractivity contribution >= 4 is 17.1 Å². The predicted molar refractivity (Wildman–Crippen MR) is 60.9 cm³/mol. The Bertz CT molecular complexity index is 353. The second kappa shape index (κ2) is 5.19. The standard InChI is InChI=1S/C10H15N3O2/c1-2-3-6-12-9-5-4-8(11)7-10(9)13(14)15/h4-5,7,12H,2-3,6,11H2,1H3. The highest BCUT2D eigenvalue weighted by Crippen LogP contribution is 2.26. The topological polar surface area (TPSA) is 81.2 Å². The molecule has 0 aliphatic heterocycles. The number of nitro groups is 1. The van der Waals surface area contributed by atoms with Gasteiger partial charge in [-0.1, -0.05) is 13.3 Å². The van der Waals surface area contributed by atoms with Crippen molar-refractivity contribution in [3.8, 4) is 0 Å². The Hall–Kier alpha value is -1.78. The fourth-order valence-electron chi connectivity index (χ4n) is 1.25. The Labute approximate surface area is 88.4 Å². The molecular formula is C10H15N3O2. The van der Waals surface area contributed by atoms with E-state index in [0.29, 0.717) is 11.4 Å². The Morgan fingerprint density at radius 2 is 2.27 bits per heavy atom. The number of nitrogens with zero attached hydrogens (tertiary/aromatic N) is 1. The first-order chi connectivity index (χ1) is 7.15. The molecule has 1 rings (SSSR count). The average molecular weight is 209 g/mol. The zero-order chi connectivity index (χ0) is 11.3. The molecule has 0 saturated carbocycles. The van der Waals surface area contributed by atoms with Crippen LogP contribution in [0.5, 0.6) is 0 Å². The summed E-state index contributed by atoms with van der Waals surface area (Å²) < 4.78 is 0. The van der Waals surface area contributed by atoms with Gasteiger partial charge in [-0.15, -0.1) is 0 Å². The molecule has 0 unspecified atom stereocenters. The molecule has 0 bridgehead atoms. The number of hydrogen-bond acceptors (Lipinski definition) is 4. The largest absolute Gasteiger partial charge is 0.399 e. The molecule has 0 atom stereocenters. The van der Waals surface area contributed by atoms with Crippen molar-refractivity contribution in [2.45, 2.75) is 19.8 Å². The van der Waals surface area contributed by atoms with Crippen molar-refractivity contribution in [1.29, 1.82) is 0 Å². The van der Waals surface area contributed by atoms with E-state index in [-0.39, 0.29) is 5.69 Å². The highest BCUT2D eigenvalue weighted by molar-refractivity contribution is 5.66. The smallest absolute Gasteiger partial charge is 0.294 e. The van der Waals surface area contributed by atoms with Gasteiger partial charge in [-0.3, -0.25) is 10.1 Å². The summed E-state index contributed by atoms with van der Waals surface area (Å²) in [6, 6.07) is 4.67. The monoisotopic (exact) mass is 209 g/mol. The van der Waals surface area contributed by atoms with Crippen LogP contribution in [-0.4, -0.2) is 11.5 Å². The van der Waals surface area contributed by atoms with Gasteiger partial charge in [0.25, 0.3) is 5.69 Å². The van der Waals surface area contributed by atoms with Crippen LogP contribution in [0.25, 0.3) is 0 Å². The molecule has 1 aromatic rings. The first-order valence-electron chi connectivity index (χ1n) is 4.93. The van der Waals surface area contributed by atoms with Crippen molar-refractivity contribution in [3.63, 3.8) is 0 Å². The average Bonchev–Trinajstić information content (AvgIpc) is 2.20. The SMILES string of the molecule is CCCCNc1ccc(N)cc1[N+](=O)[O-]. The quantitative estimate of drug-likeness (QED) is 0.337. The first-order valence-corrected chi connectivity index (χ1v) is 4.93. The zero-order valence-corrected chi connectivity index (χ0v) is 8.69. The molecule has 0 aliphatic carbocycles. The molecule has 0 fully saturated rings. The van der Waals surface area contributed by atoms with Crippen LogP contribution in [-0.2, 0) is 0 Å². The highest BCUT2D eigenvalue weighted by Gasteiger charge is 2.12. The van der Waals surface area contributed by atoms with E-state index in [1.165, 1.54) is 6.07 Å². The van der Waals surface area contributed by atoms with Crippen molar-refractivity contribution in [1.82, 2.24) is 0 Å². The van der Waals surface area contributed by atoms with Crippen LogP contribution in [0, 0.1) is 10.1 Å². The summed E-state index contributed by atoms with van der Waals surface area (Å²) in [7, 11) is 0. The Kier molecular flexibility index (Phi) is 3.91. The van der Waals surface area contributed by atoms with Gasteiger partial charge in [-0.25, -0.2) is 0 Å². The van der Waals surface area contributed by atoms with Gasteiger partial charge < -0.3 is 11.1 Å². The molecule has 0 aliphatic rings. The lowest BCUT2D eigenvalue weighted by atomic mass is 10.2. The number of rotatable bonds is 5. The van der Waals surface area contributed by atoms with Crippen molar-refractivity contribution in [2.75, 3.05) is 17.6 Å². The predicted octanol–water partition coefficient (Wildman–Crippen LogP) is 2.39. The van der Waals surface area contributed by atoms with Gasteiger partial charge in [0, 0.05) is 18.3 Å². The van der Waals surface area contributed by atoms with Crippen LogP contribution < -0.4 is 11.1 Å². The van der Waals surface area contributed by atoms with E-state index in [4.69, 9.17) is 5.73 Å². The van der Waals surface area contributed by atoms with Crippen LogP contribution in [0.4, 0.5) is 17.1 Å². The second-order valence-corrected chi connectivity index (χ2v) is 3.31. The molecule has 5 nitrogen and oxygen atoms in total. The van der Waals surface area contributed by atoms with Crippen molar-refractivity contribution in [3.05, 3.63) is 28.3 Å². The minimum Gasteiger partial charge on any atom is -0.399 e. The normalized spacial score (nSPS) is 9.93. The van der Waals surface area contributed by atoms with Crippen molar-refractivity contribution < 1.29 is 4.92 Å². The van der Waals surface area contributed by atoms with Gasteiger partial charge in [-0.2, -0.15) is 0 Å². The third-order valence-corrected chi connectivity index (χ3v) is 2.06. The Morgan fingerprint density at radius 3 is 2.87 bits per heavy atom. The number of hydrogen-bond donors (Lipinski definition) is 2. The lowest BCUT2D eigenvalue weighted by Gasteiger charge is -2.06. The van der Waals surface area contributed by atoms with Crippen LogP contribution in [0.1, 0.15) is 19.8 Å². The van der Waals surface area contributed by atoms with Gasteiger partial charge in [0.05, 0.1) is 4.92 Å². The summed E-state index contributed by atoms with van der Waals surface area (Å²) in [5, 5.41) is 13.7. The molecule has 82 valence electrons. The maximum atomic E-state index is 10.7. The maximum Gasteiger partial charge on any atom is 0.294 e. The molecule has 0 aromatic heterocycles. The molecule has 1 aromatic carbocycles. The lowest BCUT2D eigenvalue weighted by Crippen LogP contribution is -2.04. The van der Waals surface area contributed by atoms with Crippen molar-refractivity contribution in [2.24, 2.45) is 0 Å². The Balaban J connectivity index is 2.81. The third kappa shape index (κ3) is 3.12. The number of benzene rings is 1. The molecule has 0 amide bonds. The third-order valence-electron chi connectivity index (χ3n) is 2.06. The minimum absolute atomic E-state index is 0.0334. The summed E-state index contributed by atoms with van der Waals surface area (Å²) in [6.07, 6.45) is 2.04. The van der Waals surface area contributed by atoms with E-state index < -0.39 is 4.92 Å². The number of nitrogens with one attached hydrogen (secondary N) is 1. The molecular weight excluding hydrogens is 194 g/mol. The number of unbranched alkanes of at least 4 members (excludes halogenated alkanes) is 1. The minimum atomic E-state index is -0.426. The van der Waals surface area contributed by atoms with Gasteiger partial charge >= 0.3 is 0 Å². The van der Waals surface area contributed by atoms with Gasteiger partial charge in [0.1, 0.15) is 5.69 Å². The summed E-state index contributed by atoms with van der Waals surface area (Å²) >= 11 is 0. The fraction of sp³-hybridized carbons (Fsp3) is 0.400. The van der Waals surface area contributed by atoms with Gasteiger partial charge in [0.15, 0.2) is 0 Å². The van der Waals surface area contributed by atoms with Crippen LogP contribution in [0.2, 0.25) is 0 Å². The summed E-state index contributed by atoms with van der Waals surface area (Å²) in [5.41, 5.74) is 6.46. The number of nitro benzene ring substituents is 1. The number of nitrogens with two attached hydrogens (primary N) is 1. The molecule has 3 N–H and O–H groups in total. The van der Waals surface area contributed by atoms with E-state index in [1.807, 2.05) is 0 Å². The first kappa shape index (κ1) is 11.3.